The summed E-state index contributed by atoms with van der Waals surface area (Å²) in [6.07, 6.45) is 0.895. The Morgan fingerprint density at radius 3 is 2.50 bits per heavy atom. The third-order valence-electron chi connectivity index (χ3n) is 4.49. The van der Waals surface area contributed by atoms with Crippen LogP contribution < -0.4 is 4.90 Å². The van der Waals surface area contributed by atoms with Crippen LogP contribution in [0, 0.1) is 0 Å². The predicted octanol–water partition coefficient (Wildman–Crippen LogP) is 3.52. The molecule has 1 aliphatic heterocycles. The molecule has 1 heterocycles. The molecule has 1 aromatic carbocycles. The van der Waals surface area contributed by atoms with Gasteiger partial charge in [-0.25, -0.2) is 4.79 Å². The van der Waals surface area contributed by atoms with Crippen molar-refractivity contribution in [2.24, 2.45) is 0 Å². The highest BCUT2D eigenvalue weighted by Gasteiger charge is 2.37. The topological polar surface area (TPSA) is 55.8 Å². The Morgan fingerprint density at radius 1 is 1.21 bits per heavy atom. The van der Waals surface area contributed by atoms with E-state index in [-0.39, 0.29) is 24.0 Å². The smallest absolute Gasteiger partial charge is 0.338 e. The van der Waals surface area contributed by atoms with Crippen LogP contribution in [0.2, 0.25) is 0 Å². The van der Waals surface area contributed by atoms with Crippen molar-refractivity contribution in [2.75, 3.05) is 24.7 Å². The second kappa shape index (κ2) is 7.24. The lowest BCUT2D eigenvalue weighted by atomic mass is 9.79. The van der Waals surface area contributed by atoms with Crippen molar-refractivity contribution >= 4 is 17.6 Å². The van der Waals surface area contributed by atoms with Gasteiger partial charge in [-0.05, 0) is 63.8 Å². The molecule has 132 valence electrons. The third kappa shape index (κ3) is 3.71. The fourth-order valence-electron chi connectivity index (χ4n) is 3.47. The average molecular weight is 333 g/mol. The van der Waals surface area contributed by atoms with Gasteiger partial charge < -0.3 is 14.4 Å². The van der Waals surface area contributed by atoms with Crippen LogP contribution in [-0.2, 0) is 14.3 Å². The number of esters is 2. The van der Waals surface area contributed by atoms with E-state index in [1.165, 1.54) is 0 Å². The molecule has 0 spiro atoms. The number of hydrogen-bond acceptors (Lipinski definition) is 5. The number of carbonyl (C=O) groups is 2. The van der Waals surface area contributed by atoms with E-state index in [2.05, 4.69) is 25.7 Å². The Bertz CT molecular complexity index is 624. The molecule has 0 amide bonds. The van der Waals surface area contributed by atoms with Gasteiger partial charge in [-0.3, -0.25) is 4.79 Å². The van der Waals surface area contributed by atoms with Crippen molar-refractivity contribution < 1.29 is 19.1 Å². The van der Waals surface area contributed by atoms with Crippen molar-refractivity contribution in [2.45, 2.75) is 52.5 Å². The van der Waals surface area contributed by atoms with Gasteiger partial charge in [-0.2, -0.15) is 0 Å². The second-order valence-electron chi connectivity index (χ2n) is 6.80. The van der Waals surface area contributed by atoms with Crippen LogP contribution in [0.5, 0.6) is 0 Å². The molecule has 0 N–H and O–H groups in total. The number of nitrogens with zero attached hydrogens (tertiary/aromatic N) is 1. The molecule has 24 heavy (non-hydrogen) atoms. The highest BCUT2D eigenvalue weighted by molar-refractivity contribution is 5.91. The molecule has 1 aromatic rings. The first kappa shape index (κ1) is 18.3. The van der Waals surface area contributed by atoms with Crippen molar-refractivity contribution in [3.05, 3.63) is 29.3 Å². The fourth-order valence-corrected chi connectivity index (χ4v) is 3.47. The van der Waals surface area contributed by atoms with Gasteiger partial charge in [0, 0.05) is 11.2 Å². The summed E-state index contributed by atoms with van der Waals surface area (Å²) in [4.78, 5) is 26.1. The van der Waals surface area contributed by atoms with Gasteiger partial charge in [-0.1, -0.05) is 6.92 Å². The van der Waals surface area contributed by atoms with Crippen molar-refractivity contribution in [1.82, 2.24) is 0 Å². The Morgan fingerprint density at radius 2 is 1.88 bits per heavy atom. The highest BCUT2D eigenvalue weighted by atomic mass is 16.5. The molecule has 0 saturated heterocycles. The molecule has 0 fully saturated rings. The molecule has 0 saturated carbocycles. The molecule has 0 bridgehead atoms. The Labute approximate surface area is 143 Å². The number of ether oxygens (including phenoxy) is 2. The van der Waals surface area contributed by atoms with Crippen LogP contribution in [0.1, 0.15) is 62.9 Å². The number of fused-ring (bicyclic) bond motifs is 1. The maximum Gasteiger partial charge on any atom is 0.338 e. The van der Waals surface area contributed by atoms with E-state index in [1.807, 2.05) is 12.1 Å². The Kier molecular flexibility index (Phi) is 5.52. The van der Waals surface area contributed by atoms with Gasteiger partial charge in [0.15, 0.2) is 0 Å². The molecule has 2 rings (SSSR count). The summed E-state index contributed by atoms with van der Waals surface area (Å²) in [6, 6.07) is 5.58. The zero-order valence-electron chi connectivity index (χ0n) is 15.2. The summed E-state index contributed by atoms with van der Waals surface area (Å²) in [5.41, 5.74) is 2.45. The van der Waals surface area contributed by atoms with Crippen molar-refractivity contribution in [1.29, 1.82) is 0 Å². The summed E-state index contributed by atoms with van der Waals surface area (Å²) in [5, 5.41) is 0. The third-order valence-corrected chi connectivity index (χ3v) is 4.49. The zero-order valence-corrected chi connectivity index (χ0v) is 15.2. The maximum absolute atomic E-state index is 12.0. The first-order valence-electron chi connectivity index (χ1n) is 8.54. The van der Waals surface area contributed by atoms with Crippen LogP contribution >= 0.6 is 0 Å². The molecule has 1 unspecified atom stereocenters. The summed E-state index contributed by atoms with van der Waals surface area (Å²) in [7, 11) is 0. The lowest BCUT2D eigenvalue weighted by Crippen LogP contribution is -2.50. The number of anilines is 1. The van der Waals surface area contributed by atoms with Crippen LogP contribution in [0.4, 0.5) is 5.69 Å². The summed E-state index contributed by atoms with van der Waals surface area (Å²) < 4.78 is 10.2. The zero-order chi connectivity index (χ0) is 17.9. The number of hydrogen-bond donors (Lipinski definition) is 0. The maximum atomic E-state index is 12.0. The van der Waals surface area contributed by atoms with E-state index in [9.17, 15) is 9.59 Å². The van der Waals surface area contributed by atoms with Crippen LogP contribution in [0.15, 0.2) is 18.2 Å². The summed E-state index contributed by atoms with van der Waals surface area (Å²) in [6.45, 7) is 10.9. The largest absolute Gasteiger partial charge is 0.465 e. The second-order valence-corrected chi connectivity index (χ2v) is 6.80. The van der Waals surface area contributed by atoms with E-state index in [1.54, 1.807) is 19.9 Å². The molecule has 0 aliphatic carbocycles. The fraction of sp³-hybridized carbons (Fsp3) is 0.579. The molecule has 1 aliphatic rings. The van der Waals surface area contributed by atoms with Gasteiger partial charge in [0.2, 0.25) is 0 Å². The highest BCUT2D eigenvalue weighted by Crippen LogP contribution is 2.43. The quantitative estimate of drug-likeness (QED) is 0.772. The van der Waals surface area contributed by atoms with E-state index in [0.717, 1.165) is 17.7 Å². The molecular formula is C19H27NO4. The molecule has 1 atom stereocenters. The number of carbonyl (C=O) groups excluding carboxylic acids is 2. The van der Waals surface area contributed by atoms with Crippen molar-refractivity contribution in [3.8, 4) is 0 Å². The standard InChI is InChI=1S/C19H27NO4/c1-6-23-17(21)12-20-16-9-8-14(18(22)24-7-2)10-15(16)13(3)11-19(20,4)5/h8-10,13H,6-7,11-12H2,1-5H3. The van der Waals surface area contributed by atoms with Crippen molar-refractivity contribution in [3.63, 3.8) is 0 Å². The molecule has 0 radical (unpaired) electrons. The van der Waals surface area contributed by atoms with Gasteiger partial charge in [0.1, 0.15) is 6.54 Å². The first-order valence-corrected chi connectivity index (χ1v) is 8.54. The van der Waals surface area contributed by atoms with E-state index in [0.29, 0.717) is 24.7 Å². The minimum Gasteiger partial charge on any atom is -0.465 e. The summed E-state index contributed by atoms with van der Waals surface area (Å²) in [5.74, 6) is -0.252. The Hall–Kier alpha value is -2.04. The SMILES string of the molecule is CCOC(=O)CN1c2ccc(C(=O)OCC)cc2C(C)CC1(C)C. The monoisotopic (exact) mass is 333 g/mol. The van der Waals surface area contributed by atoms with Crippen LogP contribution in [-0.4, -0.2) is 37.2 Å². The molecule has 5 nitrogen and oxygen atoms in total. The Balaban J connectivity index is 2.39. The van der Waals surface area contributed by atoms with E-state index in [4.69, 9.17) is 9.47 Å². The normalized spacial score (nSPS) is 18.7. The van der Waals surface area contributed by atoms with Gasteiger partial charge >= 0.3 is 11.9 Å². The first-order chi connectivity index (χ1) is 11.3. The minimum absolute atomic E-state index is 0.162. The lowest BCUT2D eigenvalue weighted by Gasteiger charge is -2.47. The van der Waals surface area contributed by atoms with Gasteiger partial charge in [0.05, 0.1) is 18.8 Å². The van der Waals surface area contributed by atoms with Gasteiger partial charge in [0.25, 0.3) is 0 Å². The average Bonchev–Trinajstić information content (AvgIpc) is 2.51. The van der Waals surface area contributed by atoms with E-state index < -0.39 is 0 Å². The summed E-state index contributed by atoms with van der Waals surface area (Å²) >= 11 is 0. The van der Waals surface area contributed by atoms with Crippen LogP contribution in [0.25, 0.3) is 0 Å². The molecular weight excluding hydrogens is 306 g/mol. The van der Waals surface area contributed by atoms with Gasteiger partial charge in [-0.15, -0.1) is 0 Å². The number of benzene rings is 1. The van der Waals surface area contributed by atoms with E-state index >= 15 is 0 Å². The lowest BCUT2D eigenvalue weighted by molar-refractivity contribution is -0.141. The minimum atomic E-state index is -0.311. The molecule has 5 heteroatoms. The molecule has 0 aromatic heterocycles. The number of rotatable bonds is 5. The predicted molar refractivity (Wildman–Crippen MR) is 93.5 cm³/mol. The van der Waals surface area contributed by atoms with Crippen LogP contribution in [0.3, 0.4) is 0 Å².